The molecule has 2 heterocycles. The predicted octanol–water partition coefficient (Wildman–Crippen LogP) is 3.76. The van der Waals surface area contributed by atoms with Gasteiger partial charge in [-0.3, -0.25) is 14.6 Å². The molecule has 0 radical (unpaired) electrons. The zero-order valence-corrected chi connectivity index (χ0v) is 16.4. The fraction of sp³-hybridized carbons (Fsp3) is 0.136. The maximum absolute atomic E-state index is 14.5. The molecule has 0 saturated carbocycles. The number of fused-ring (bicyclic) bond motifs is 1. The first-order valence-corrected chi connectivity index (χ1v) is 9.91. The van der Waals surface area contributed by atoms with E-state index in [1.807, 2.05) is 11.4 Å². The summed E-state index contributed by atoms with van der Waals surface area (Å²) in [5.74, 6) is -0.909. The summed E-state index contributed by atoms with van der Waals surface area (Å²) >= 11 is 1.34. The van der Waals surface area contributed by atoms with Crippen molar-refractivity contribution in [3.05, 3.63) is 87.4 Å². The van der Waals surface area contributed by atoms with Gasteiger partial charge in [-0.05, 0) is 42.1 Å². The number of anilines is 1. The first-order chi connectivity index (χ1) is 14.0. The number of halogens is 1. The number of carbonyl (C=O) groups excluding carboxylic acids is 2. The maximum atomic E-state index is 14.5. The molecule has 0 saturated heterocycles. The molecule has 0 spiro atoms. The van der Waals surface area contributed by atoms with Crippen LogP contribution < -0.4 is 10.6 Å². The van der Waals surface area contributed by atoms with Crippen molar-refractivity contribution in [3.8, 4) is 0 Å². The van der Waals surface area contributed by atoms with Crippen LogP contribution in [0.1, 0.15) is 33.3 Å². The third kappa shape index (κ3) is 3.50. The van der Waals surface area contributed by atoms with Gasteiger partial charge in [0.2, 0.25) is 0 Å². The molecule has 29 heavy (non-hydrogen) atoms. The third-order valence-corrected chi connectivity index (χ3v) is 5.82. The zero-order valence-electron chi connectivity index (χ0n) is 15.6. The highest BCUT2D eigenvalue weighted by Gasteiger charge is 2.31. The number of ketones is 1. The summed E-state index contributed by atoms with van der Waals surface area (Å²) in [6.45, 7) is 1.68. The van der Waals surface area contributed by atoms with Gasteiger partial charge >= 0.3 is 0 Å². The van der Waals surface area contributed by atoms with Gasteiger partial charge in [-0.15, -0.1) is 11.3 Å². The Labute approximate surface area is 171 Å². The Bertz CT molecular complexity index is 1140. The fourth-order valence-corrected chi connectivity index (χ4v) is 4.24. The number of nitrogens with zero attached hydrogens (tertiary/aromatic N) is 2. The molecular weight excluding hydrogens is 389 g/mol. The number of rotatable bonds is 4. The largest absolute Gasteiger partial charge is 0.304 e. The Balaban J connectivity index is 1.85. The van der Waals surface area contributed by atoms with Gasteiger partial charge in [-0.2, -0.15) is 0 Å². The molecule has 1 aliphatic rings. The standard InChI is InChI=1S/C22H18FN3O2S/c1-13(27)20-14(10-11-29-20)12-26-18-9-5-3-7-16(18)19(25-21(24)22(26)28)15-6-2-4-8-17(15)23/h2-11,21H,12,24H2,1H3/t21-/m0/s1. The molecule has 1 amide bonds. The molecule has 2 aromatic carbocycles. The second-order valence-electron chi connectivity index (χ2n) is 6.68. The van der Waals surface area contributed by atoms with Crippen LogP contribution in [0.25, 0.3) is 0 Å². The van der Waals surface area contributed by atoms with Crippen LogP contribution in [-0.4, -0.2) is 23.6 Å². The number of hydrogen-bond acceptors (Lipinski definition) is 5. The van der Waals surface area contributed by atoms with Crippen LogP contribution >= 0.6 is 11.3 Å². The second kappa shape index (κ2) is 7.69. The quantitative estimate of drug-likeness (QED) is 0.669. The highest BCUT2D eigenvalue weighted by atomic mass is 32.1. The topological polar surface area (TPSA) is 75.8 Å². The van der Waals surface area contributed by atoms with Crippen LogP contribution in [0.4, 0.5) is 10.1 Å². The van der Waals surface area contributed by atoms with Gasteiger partial charge in [0.25, 0.3) is 5.91 Å². The van der Waals surface area contributed by atoms with Crippen molar-refractivity contribution in [3.63, 3.8) is 0 Å². The van der Waals surface area contributed by atoms with Crippen LogP contribution in [0.5, 0.6) is 0 Å². The van der Waals surface area contributed by atoms with Crippen molar-refractivity contribution in [1.29, 1.82) is 0 Å². The van der Waals surface area contributed by atoms with Crippen LogP contribution in [0, 0.1) is 5.82 Å². The molecule has 146 valence electrons. The summed E-state index contributed by atoms with van der Waals surface area (Å²) in [5, 5.41) is 1.82. The molecule has 0 unspecified atom stereocenters. The molecule has 1 aromatic heterocycles. The van der Waals surface area contributed by atoms with E-state index in [0.717, 1.165) is 5.56 Å². The number of carbonyl (C=O) groups is 2. The van der Waals surface area contributed by atoms with E-state index in [9.17, 15) is 14.0 Å². The molecule has 1 aliphatic heterocycles. The van der Waals surface area contributed by atoms with E-state index in [1.54, 1.807) is 42.5 Å². The number of Topliss-reactive ketones (excluding diaryl/α,β-unsaturated/α-hetero) is 1. The smallest absolute Gasteiger partial charge is 0.266 e. The minimum absolute atomic E-state index is 0.0573. The van der Waals surface area contributed by atoms with Crippen molar-refractivity contribution < 1.29 is 14.0 Å². The molecule has 0 bridgehead atoms. The Hall–Kier alpha value is -3.16. The average Bonchev–Trinajstić information content (AvgIpc) is 3.15. The van der Waals surface area contributed by atoms with Crippen LogP contribution in [0.15, 0.2) is 65.0 Å². The number of benzodiazepines with no additional fused rings is 1. The lowest BCUT2D eigenvalue weighted by Gasteiger charge is -2.24. The van der Waals surface area contributed by atoms with Gasteiger partial charge in [-0.25, -0.2) is 4.39 Å². The Morgan fingerprint density at radius 1 is 1.14 bits per heavy atom. The van der Waals surface area contributed by atoms with Crippen LogP contribution in [0.3, 0.4) is 0 Å². The number of benzene rings is 2. The first-order valence-electron chi connectivity index (χ1n) is 9.03. The SMILES string of the molecule is CC(=O)c1sccc1CN1C(=O)[C@@H](N)N=C(c2ccccc2F)c2ccccc21. The molecule has 0 fully saturated rings. The highest BCUT2D eigenvalue weighted by Crippen LogP contribution is 2.31. The van der Waals surface area contributed by atoms with E-state index in [1.165, 1.54) is 29.2 Å². The third-order valence-electron chi connectivity index (χ3n) is 4.76. The molecule has 0 aliphatic carbocycles. The summed E-state index contributed by atoms with van der Waals surface area (Å²) in [5.41, 5.74) is 8.63. The monoisotopic (exact) mass is 407 g/mol. The number of thiophene rings is 1. The molecule has 7 heteroatoms. The minimum atomic E-state index is -1.18. The lowest BCUT2D eigenvalue weighted by molar-refractivity contribution is -0.119. The van der Waals surface area contributed by atoms with Crippen LogP contribution in [-0.2, 0) is 11.3 Å². The lowest BCUT2D eigenvalue weighted by Crippen LogP contribution is -2.42. The summed E-state index contributed by atoms with van der Waals surface area (Å²) in [6, 6.07) is 15.3. The number of hydrogen-bond donors (Lipinski definition) is 1. The van der Waals surface area contributed by atoms with Gasteiger partial charge < -0.3 is 10.6 Å². The van der Waals surface area contributed by atoms with Gasteiger partial charge in [-0.1, -0.05) is 30.3 Å². The second-order valence-corrected chi connectivity index (χ2v) is 7.59. The van der Waals surface area contributed by atoms with Gasteiger partial charge in [0, 0.05) is 11.1 Å². The Morgan fingerprint density at radius 3 is 2.55 bits per heavy atom. The van der Waals surface area contributed by atoms with E-state index in [0.29, 0.717) is 21.8 Å². The average molecular weight is 407 g/mol. The zero-order chi connectivity index (χ0) is 20.5. The Morgan fingerprint density at radius 2 is 1.83 bits per heavy atom. The molecular formula is C22H18FN3O2S. The normalized spacial score (nSPS) is 16.2. The lowest BCUT2D eigenvalue weighted by atomic mass is 9.99. The van der Waals surface area contributed by atoms with Crippen molar-refractivity contribution in [1.82, 2.24) is 0 Å². The number of nitrogens with two attached hydrogens (primary N) is 1. The first kappa shape index (κ1) is 19.2. The van der Waals surface area contributed by atoms with Crippen molar-refractivity contribution >= 4 is 34.4 Å². The molecule has 5 nitrogen and oxygen atoms in total. The van der Waals surface area contributed by atoms with Crippen molar-refractivity contribution in [2.75, 3.05) is 4.90 Å². The number of para-hydroxylation sites is 1. The summed E-state index contributed by atoms with van der Waals surface area (Å²) in [4.78, 5) is 31.5. The summed E-state index contributed by atoms with van der Waals surface area (Å²) < 4.78 is 14.5. The van der Waals surface area contributed by atoms with Gasteiger partial charge in [0.05, 0.1) is 22.8 Å². The highest BCUT2D eigenvalue weighted by molar-refractivity contribution is 7.12. The minimum Gasteiger partial charge on any atom is -0.304 e. The van der Waals surface area contributed by atoms with Crippen molar-refractivity contribution in [2.24, 2.45) is 10.7 Å². The Kier molecular flexibility index (Phi) is 5.08. The number of amides is 1. The molecule has 1 atom stereocenters. The predicted molar refractivity (Wildman–Crippen MR) is 112 cm³/mol. The summed E-state index contributed by atoms with van der Waals surface area (Å²) in [6.07, 6.45) is -1.18. The molecule has 4 rings (SSSR count). The van der Waals surface area contributed by atoms with E-state index in [4.69, 9.17) is 5.73 Å². The van der Waals surface area contributed by atoms with E-state index < -0.39 is 17.9 Å². The van der Waals surface area contributed by atoms with Gasteiger partial charge in [0.15, 0.2) is 11.9 Å². The molecule has 3 aromatic rings. The van der Waals surface area contributed by atoms with Crippen molar-refractivity contribution in [2.45, 2.75) is 19.6 Å². The van der Waals surface area contributed by atoms with Gasteiger partial charge in [0.1, 0.15) is 5.82 Å². The number of aliphatic imine (C=N–C) groups is 1. The van der Waals surface area contributed by atoms with Crippen LogP contribution in [0.2, 0.25) is 0 Å². The molecule has 2 N–H and O–H groups in total. The maximum Gasteiger partial charge on any atom is 0.266 e. The van der Waals surface area contributed by atoms with E-state index in [-0.39, 0.29) is 17.9 Å². The van der Waals surface area contributed by atoms with E-state index in [2.05, 4.69) is 4.99 Å². The summed E-state index contributed by atoms with van der Waals surface area (Å²) in [7, 11) is 0. The van der Waals surface area contributed by atoms with E-state index >= 15 is 0 Å². The fourth-order valence-electron chi connectivity index (χ4n) is 3.42.